The molecule has 1 fully saturated rings. The Morgan fingerprint density at radius 3 is 2.81 bits per heavy atom. The number of carbonyl (C=O) groups is 1. The van der Waals surface area contributed by atoms with Crippen molar-refractivity contribution in [1.29, 1.82) is 0 Å². The van der Waals surface area contributed by atoms with Gasteiger partial charge >= 0.3 is 0 Å². The number of hydrogen-bond donors (Lipinski definition) is 1. The van der Waals surface area contributed by atoms with Gasteiger partial charge < -0.3 is 18.9 Å². The highest BCUT2D eigenvalue weighted by atomic mass is 127. The summed E-state index contributed by atoms with van der Waals surface area (Å²) in [4.78, 5) is 15.2. The second-order valence-electron chi connectivity index (χ2n) is 9.03. The number of benzene rings is 1. The van der Waals surface area contributed by atoms with E-state index in [0.717, 1.165) is 14.8 Å². The number of rotatable bonds is 6. The van der Waals surface area contributed by atoms with Gasteiger partial charge in [0.05, 0.1) is 17.5 Å². The molecule has 2 aliphatic rings. The molecule has 168 valence electrons. The summed E-state index contributed by atoms with van der Waals surface area (Å²) < 4.78 is 24.9. The summed E-state index contributed by atoms with van der Waals surface area (Å²) >= 11 is 2.24. The van der Waals surface area contributed by atoms with Crippen LogP contribution in [0, 0.1) is 9.49 Å². The highest BCUT2D eigenvalue weighted by Crippen LogP contribution is 2.60. The number of hydrogen-bond acceptors (Lipinski definition) is 5. The lowest BCUT2D eigenvalue weighted by Gasteiger charge is -2.31. The lowest BCUT2D eigenvalue weighted by molar-refractivity contribution is -0.145. The topological polar surface area (TPSA) is 80.5 Å². The summed E-state index contributed by atoms with van der Waals surface area (Å²) in [6.45, 7) is 5.90. The van der Waals surface area contributed by atoms with Gasteiger partial charge in [-0.1, -0.05) is 12.1 Å². The smallest absolute Gasteiger partial charge is 0.264 e. The average Bonchev–Trinajstić information content (AvgIpc) is 3.32. The molecule has 0 aliphatic carbocycles. The third kappa shape index (κ3) is 3.74. The second-order valence-corrected chi connectivity index (χ2v) is 14.1. The molecule has 1 amide bonds. The molecule has 0 radical (unpaired) electrons. The highest BCUT2D eigenvalue weighted by Gasteiger charge is 2.66. The first kappa shape index (κ1) is 22.8. The third-order valence-corrected chi connectivity index (χ3v) is 9.78. The maximum absolute atomic E-state index is 15.6. The number of carbonyl (C=O) groups excluding carboxylic acids is 1. The second kappa shape index (κ2) is 8.20. The summed E-state index contributed by atoms with van der Waals surface area (Å²) in [6.07, 6.45) is 2.38. The highest BCUT2D eigenvalue weighted by molar-refractivity contribution is 14.1. The Balaban J connectivity index is 1.67. The Kier molecular flexibility index (Phi) is 6.03. The van der Waals surface area contributed by atoms with Gasteiger partial charge in [-0.05, 0) is 60.3 Å². The zero-order chi connectivity index (χ0) is 22.6. The van der Waals surface area contributed by atoms with Crippen molar-refractivity contribution < 1.29 is 18.7 Å². The van der Waals surface area contributed by atoms with Crippen LogP contribution in [0.5, 0.6) is 0 Å². The molecule has 0 unspecified atom stereocenters. The molecular weight excluding hydrogens is 530 g/mol. The summed E-state index contributed by atoms with van der Waals surface area (Å²) in [5.41, 5.74) is 0.916. The standard InChI is InChI=1S/C21H28FIN4O3Si/c1-13-19(31(3,4)22)18(7-9-27-12-15(8-10-28)24-25-27)30-21(13)16-11-14(23)5-6-17(16)26(2)20(21)29/h5-6,11-13,18-19,28H,7-10H2,1-4H3/t13-,18+,19-,21+/m1/s1. The van der Waals surface area contributed by atoms with Crippen LogP contribution in [0.3, 0.4) is 0 Å². The summed E-state index contributed by atoms with van der Waals surface area (Å²) in [5.74, 6) is -0.395. The monoisotopic (exact) mass is 558 g/mol. The minimum atomic E-state index is -3.15. The molecule has 31 heavy (non-hydrogen) atoms. The van der Waals surface area contributed by atoms with Gasteiger partial charge in [0.2, 0.25) is 8.41 Å². The van der Waals surface area contributed by atoms with Crippen molar-refractivity contribution in [3.63, 3.8) is 0 Å². The minimum absolute atomic E-state index is 0.0159. The van der Waals surface area contributed by atoms with Crippen molar-refractivity contribution in [2.75, 3.05) is 18.6 Å². The molecule has 1 saturated heterocycles. The lowest BCUT2D eigenvalue weighted by Crippen LogP contribution is -2.44. The van der Waals surface area contributed by atoms with E-state index in [2.05, 4.69) is 32.9 Å². The van der Waals surface area contributed by atoms with Gasteiger partial charge in [-0.3, -0.25) is 9.48 Å². The van der Waals surface area contributed by atoms with Gasteiger partial charge in [0.15, 0.2) is 5.60 Å². The third-order valence-electron chi connectivity index (χ3n) is 6.65. The molecule has 1 N–H and O–H groups in total. The average molecular weight is 558 g/mol. The van der Waals surface area contributed by atoms with E-state index in [9.17, 15) is 4.79 Å². The molecule has 2 aromatic rings. The van der Waals surface area contributed by atoms with Crippen molar-refractivity contribution in [2.24, 2.45) is 5.92 Å². The molecule has 0 bridgehead atoms. The number of aromatic nitrogens is 3. The molecule has 4 rings (SSSR count). The van der Waals surface area contributed by atoms with Crippen LogP contribution in [-0.4, -0.2) is 54.2 Å². The normalized spacial score (nSPS) is 28.0. The van der Waals surface area contributed by atoms with Gasteiger partial charge in [0.25, 0.3) is 5.91 Å². The maximum Gasteiger partial charge on any atom is 0.264 e. The quantitative estimate of drug-likeness (QED) is 0.335. The molecule has 1 aromatic carbocycles. The molecule has 10 heteroatoms. The van der Waals surface area contributed by atoms with E-state index in [1.54, 1.807) is 35.9 Å². The first-order valence-electron chi connectivity index (χ1n) is 10.5. The van der Waals surface area contributed by atoms with Crippen molar-refractivity contribution >= 4 is 42.6 Å². The Bertz CT molecular complexity index is 997. The van der Waals surface area contributed by atoms with Gasteiger partial charge in [0.1, 0.15) is 0 Å². The number of nitrogens with zero attached hydrogens (tertiary/aromatic N) is 4. The number of likely N-dealkylation sites (N-methyl/N-ethyl adjacent to an activating group) is 1. The fourth-order valence-electron chi connectivity index (χ4n) is 5.33. The van der Waals surface area contributed by atoms with E-state index in [1.807, 2.05) is 25.1 Å². The van der Waals surface area contributed by atoms with Crippen LogP contribution >= 0.6 is 22.6 Å². The first-order valence-corrected chi connectivity index (χ1v) is 14.6. The number of amides is 1. The van der Waals surface area contributed by atoms with Crippen LogP contribution in [0.2, 0.25) is 18.6 Å². The van der Waals surface area contributed by atoms with Crippen LogP contribution in [-0.2, 0) is 28.1 Å². The molecule has 3 heterocycles. The van der Waals surface area contributed by atoms with Crippen LogP contribution in [0.4, 0.5) is 9.80 Å². The number of ether oxygens (including phenoxy) is 1. The molecule has 4 atom stereocenters. The van der Waals surface area contributed by atoms with Crippen LogP contribution in [0.15, 0.2) is 24.4 Å². The van der Waals surface area contributed by atoms with Crippen molar-refractivity contribution in [2.45, 2.75) is 56.7 Å². The van der Waals surface area contributed by atoms with E-state index in [0.29, 0.717) is 25.1 Å². The van der Waals surface area contributed by atoms with Crippen LogP contribution < -0.4 is 4.90 Å². The predicted octanol–water partition coefficient (Wildman–Crippen LogP) is 3.26. The lowest BCUT2D eigenvalue weighted by atomic mass is 9.82. The fourth-order valence-corrected chi connectivity index (χ4v) is 8.37. The number of halogens is 2. The Hall–Kier alpha value is -1.37. The number of aliphatic hydroxyl groups is 1. The van der Waals surface area contributed by atoms with Gasteiger partial charge in [-0.15, -0.1) is 5.10 Å². The van der Waals surface area contributed by atoms with E-state index >= 15 is 4.11 Å². The zero-order valence-corrected chi connectivity index (χ0v) is 21.3. The first-order chi connectivity index (χ1) is 14.6. The molecule has 1 aromatic heterocycles. The van der Waals surface area contributed by atoms with Gasteiger partial charge in [-0.25, -0.2) is 0 Å². The predicted molar refractivity (Wildman–Crippen MR) is 126 cm³/mol. The Labute approximate surface area is 196 Å². The van der Waals surface area contributed by atoms with E-state index in [4.69, 9.17) is 9.84 Å². The van der Waals surface area contributed by atoms with E-state index in [-0.39, 0.29) is 24.0 Å². The molecular formula is C21H28FIN4O3Si. The Morgan fingerprint density at radius 2 is 2.13 bits per heavy atom. The molecule has 7 nitrogen and oxygen atoms in total. The molecule has 1 spiro atoms. The summed E-state index contributed by atoms with van der Waals surface area (Å²) in [7, 11) is -1.39. The minimum Gasteiger partial charge on any atom is -0.396 e. The summed E-state index contributed by atoms with van der Waals surface area (Å²) in [6, 6.07) is 5.91. The largest absolute Gasteiger partial charge is 0.396 e. The van der Waals surface area contributed by atoms with E-state index in [1.165, 1.54) is 0 Å². The molecule has 0 saturated carbocycles. The van der Waals surface area contributed by atoms with Gasteiger partial charge in [-0.2, -0.15) is 0 Å². The number of aryl methyl sites for hydroxylation is 1. The van der Waals surface area contributed by atoms with Crippen molar-refractivity contribution in [3.8, 4) is 0 Å². The maximum atomic E-state index is 15.6. The zero-order valence-electron chi connectivity index (χ0n) is 18.2. The SMILES string of the molecule is C[C@@H]1[C@@H]([Si](C)(C)F)[C@H](CCn2cc(CCO)nn2)O[C@@]12C(=O)N(C)c1ccc(I)cc12. The summed E-state index contributed by atoms with van der Waals surface area (Å²) in [5, 5.41) is 17.2. The van der Waals surface area contributed by atoms with Crippen molar-refractivity contribution in [3.05, 3.63) is 39.2 Å². The Morgan fingerprint density at radius 1 is 1.39 bits per heavy atom. The number of fused-ring (bicyclic) bond motifs is 2. The number of anilines is 1. The van der Waals surface area contributed by atoms with Gasteiger partial charge in [0, 0.05) is 53.4 Å². The number of aliphatic hydroxyl groups excluding tert-OH is 1. The van der Waals surface area contributed by atoms with Crippen LogP contribution in [0.25, 0.3) is 0 Å². The van der Waals surface area contributed by atoms with E-state index < -0.39 is 20.1 Å². The van der Waals surface area contributed by atoms with Crippen LogP contribution in [0.1, 0.15) is 24.6 Å². The fraction of sp³-hybridized carbons (Fsp3) is 0.571. The molecule has 2 aliphatic heterocycles. The van der Waals surface area contributed by atoms with Crippen molar-refractivity contribution in [1.82, 2.24) is 15.0 Å².